The first-order chi connectivity index (χ1) is 6.97. The molecule has 16 heavy (non-hydrogen) atoms. The van der Waals surface area contributed by atoms with Crippen LogP contribution in [-0.4, -0.2) is 43.8 Å². The summed E-state index contributed by atoms with van der Waals surface area (Å²) in [6.45, 7) is 1.07. The maximum atomic E-state index is 10.4. The Balaban J connectivity index is 0.00000225. The summed E-state index contributed by atoms with van der Waals surface area (Å²) in [5.41, 5.74) is 1.25. The number of hydrogen-bond acceptors (Lipinski definition) is 5. The molecular formula is C9H14KNO3S2. The van der Waals surface area contributed by atoms with E-state index < -0.39 is 10.1 Å². The quantitative estimate of drug-likeness (QED) is 0.439. The molecule has 1 heterocycles. The molecule has 0 bridgehead atoms. The van der Waals surface area contributed by atoms with Crippen LogP contribution in [0.5, 0.6) is 0 Å². The molecule has 0 atom stereocenters. The molecule has 0 aliphatic rings. The molecule has 0 aromatic carbocycles. The molecule has 0 spiro atoms. The maximum absolute atomic E-state index is 10.4. The van der Waals surface area contributed by atoms with Gasteiger partial charge in [-0.25, -0.2) is 8.42 Å². The van der Waals surface area contributed by atoms with Crippen molar-refractivity contribution < 1.29 is 64.4 Å². The molecule has 0 unspecified atom stereocenters. The summed E-state index contributed by atoms with van der Waals surface area (Å²) in [4.78, 5) is 1.85. The van der Waals surface area contributed by atoms with Gasteiger partial charge in [0.1, 0.15) is 0 Å². The summed E-state index contributed by atoms with van der Waals surface area (Å²) < 4.78 is 31.2. The third kappa shape index (κ3) is 8.32. The van der Waals surface area contributed by atoms with Gasteiger partial charge in [-0.2, -0.15) is 11.3 Å². The molecule has 0 N–H and O–H groups in total. The van der Waals surface area contributed by atoms with Gasteiger partial charge in [0.2, 0.25) is 0 Å². The van der Waals surface area contributed by atoms with Gasteiger partial charge in [0.25, 0.3) is 0 Å². The number of rotatable bonds is 6. The molecule has 1 aromatic heterocycles. The molecule has 0 radical (unpaired) electrons. The summed E-state index contributed by atoms with van der Waals surface area (Å²) in [5, 5.41) is 4.08. The average Bonchev–Trinajstić information content (AvgIpc) is 2.62. The van der Waals surface area contributed by atoms with E-state index in [1.807, 2.05) is 23.4 Å². The molecule has 0 saturated heterocycles. The Bertz CT molecular complexity index is 377. The Hall–Kier alpha value is 1.21. The number of thiophene rings is 1. The molecule has 0 saturated carbocycles. The molecule has 4 nitrogen and oxygen atoms in total. The van der Waals surface area contributed by atoms with Crippen LogP contribution < -0.4 is 51.4 Å². The van der Waals surface area contributed by atoms with E-state index in [2.05, 4.69) is 5.38 Å². The SMILES string of the molecule is CN(CCc1ccsc1)CCS(=O)(=O)[O-].[K+]. The van der Waals surface area contributed by atoms with Crippen molar-refractivity contribution in [1.29, 1.82) is 0 Å². The monoisotopic (exact) mass is 287 g/mol. The summed E-state index contributed by atoms with van der Waals surface area (Å²) in [5.74, 6) is -0.312. The molecule has 86 valence electrons. The van der Waals surface area contributed by atoms with Crippen LogP contribution in [0, 0.1) is 0 Å². The van der Waals surface area contributed by atoms with Gasteiger partial charge in [-0.1, -0.05) is 0 Å². The van der Waals surface area contributed by atoms with Crippen molar-refractivity contribution in [3.63, 3.8) is 0 Å². The van der Waals surface area contributed by atoms with Crippen molar-refractivity contribution in [3.05, 3.63) is 22.4 Å². The van der Waals surface area contributed by atoms with E-state index in [1.165, 1.54) is 5.56 Å². The molecule has 1 aromatic rings. The Morgan fingerprint density at radius 1 is 1.44 bits per heavy atom. The largest absolute Gasteiger partial charge is 1.00 e. The Morgan fingerprint density at radius 3 is 2.62 bits per heavy atom. The Morgan fingerprint density at radius 2 is 2.12 bits per heavy atom. The van der Waals surface area contributed by atoms with Crippen molar-refractivity contribution in [3.8, 4) is 0 Å². The van der Waals surface area contributed by atoms with Crippen LogP contribution in [0.3, 0.4) is 0 Å². The van der Waals surface area contributed by atoms with E-state index in [0.717, 1.165) is 13.0 Å². The number of likely N-dealkylation sites (N-methyl/N-ethyl adjacent to an activating group) is 1. The third-order valence-electron chi connectivity index (χ3n) is 2.09. The minimum absolute atomic E-state index is 0. The zero-order chi connectivity index (χ0) is 11.3. The first-order valence-corrected chi connectivity index (χ1v) is 7.12. The fourth-order valence-corrected chi connectivity index (χ4v) is 2.37. The van der Waals surface area contributed by atoms with E-state index in [1.54, 1.807) is 11.3 Å². The second-order valence-corrected chi connectivity index (χ2v) is 5.75. The van der Waals surface area contributed by atoms with Gasteiger partial charge in [0, 0.05) is 13.1 Å². The Kier molecular flexibility index (Phi) is 8.96. The number of nitrogens with zero attached hydrogens (tertiary/aromatic N) is 1. The average molecular weight is 287 g/mol. The maximum Gasteiger partial charge on any atom is 1.00 e. The molecule has 7 heteroatoms. The van der Waals surface area contributed by atoms with Crippen molar-refractivity contribution >= 4 is 21.5 Å². The zero-order valence-corrected chi connectivity index (χ0v) is 14.3. The van der Waals surface area contributed by atoms with E-state index in [9.17, 15) is 13.0 Å². The Labute approximate surface area is 143 Å². The van der Waals surface area contributed by atoms with Gasteiger partial charge >= 0.3 is 51.4 Å². The van der Waals surface area contributed by atoms with Crippen molar-refractivity contribution in [1.82, 2.24) is 4.90 Å². The topological polar surface area (TPSA) is 60.4 Å². The first kappa shape index (κ1) is 17.2. The zero-order valence-electron chi connectivity index (χ0n) is 9.55. The second-order valence-electron chi connectivity index (χ2n) is 3.45. The van der Waals surface area contributed by atoms with Crippen LogP contribution >= 0.6 is 11.3 Å². The standard InChI is InChI=1S/C9H15NO3S2.K/c1-10(5-7-15(11,12)13)4-2-9-3-6-14-8-9;/h3,6,8H,2,4-5,7H2,1H3,(H,11,12,13);/q;+1/p-1. The summed E-state index contributed by atoms with van der Waals surface area (Å²) in [6.07, 6.45) is 0.888. The fraction of sp³-hybridized carbons (Fsp3) is 0.556. The summed E-state index contributed by atoms with van der Waals surface area (Å²) >= 11 is 1.64. The first-order valence-electron chi connectivity index (χ1n) is 4.60. The minimum atomic E-state index is -4.08. The van der Waals surface area contributed by atoms with Gasteiger partial charge < -0.3 is 9.45 Å². The summed E-state index contributed by atoms with van der Waals surface area (Å²) in [6, 6.07) is 2.04. The molecule has 0 amide bonds. The van der Waals surface area contributed by atoms with Gasteiger partial charge in [-0.15, -0.1) is 0 Å². The van der Waals surface area contributed by atoms with Crippen molar-refractivity contribution in [2.24, 2.45) is 0 Å². The molecule has 0 aliphatic heterocycles. The second kappa shape index (κ2) is 8.33. The van der Waals surface area contributed by atoms with E-state index in [-0.39, 0.29) is 57.1 Å². The molecule has 0 aliphatic carbocycles. The van der Waals surface area contributed by atoms with Gasteiger partial charge in [0.15, 0.2) is 0 Å². The van der Waals surface area contributed by atoms with Crippen molar-refractivity contribution in [2.75, 3.05) is 25.9 Å². The molecule has 1 rings (SSSR count). The van der Waals surface area contributed by atoms with E-state index in [4.69, 9.17) is 0 Å². The predicted octanol–water partition coefficient (Wildman–Crippen LogP) is -2.23. The summed E-state index contributed by atoms with van der Waals surface area (Å²) in [7, 11) is -2.26. The van der Waals surface area contributed by atoms with E-state index >= 15 is 0 Å². The fourth-order valence-electron chi connectivity index (χ4n) is 1.13. The van der Waals surface area contributed by atoms with Gasteiger partial charge in [-0.3, -0.25) is 0 Å². The van der Waals surface area contributed by atoms with Crippen molar-refractivity contribution in [2.45, 2.75) is 6.42 Å². The van der Waals surface area contributed by atoms with Gasteiger partial charge in [-0.05, 0) is 35.9 Å². The number of hydrogen-bond donors (Lipinski definition) is 0. The smallest absolute Gasteiger partial charge is 0.748 e. The van der Waals surface area contributed by atoms with Crippen LogP contribution in [-0.2, 0) is 16.5 Å². The van der Waals surface area contributed by atoms with Crippen LogP contribution in [0.2, 0.25) is 0 Å². The van der Waals surface area contributed by atoms with Crippen LogP contribution in [0.15, 0.2) is 16.8 Å². The molecular weight excluding hydrogens is 273 g/mol. The minimum Gasteiger partial charge on any atom is -0.748 e. The normalized spacial score (nSPS) is 11.4. The van der Waals surface area contributed by atoms with Crippen LogP contribution in [0.4, 0.5) is 0 Å². The van der Waals surface area contributed by atoms with Crippen LogP contribution in [0.25, 0.3) is 0 Å². The molecule has 0 fully saturated rings. The van der Waals surface area contributed by atoms with Gasteiger partial charge in [0.05, 0.1) is 15.9 Å². The van der Waals surface area contributed by atoms with E-state index in [0.29, 0.717) is 6.54 Å². The van der Waals surface area contributed by atoms with Crippen LogP contribution in [0.1, 0.15) is 5.56 Å². The predicted molar refractivity (Wildman–Crippen MR) is 60.1 cm³/mol. The third-order valence-corrected chi connectivity index (χ3v) is 3.50.